The zero-order chi connectivity index (χ0) is 13.8. The van der Waals surface area contributed by atoms with Crippen molar-refractivity contribution in [2.45, 2.75) is 6.54 Å². The van der Waals surface area contributed by atoms with Crippen molar-refractivity contribution < 1.29 is 0 Å². The van der Waals surface area contributed by atoms with E-state index >= 15 is 0 Å². The molecule has 0 fully saturated rings. The predicted molar refractivity (Wildman–Crippen MR) is 80.4 cm³/mol. The molecule has 0 saturated heterocycles. The second kappa shape index (κ2) is 5.59. The van der Waals surface area contributed by atoms with E-state index in [9.17, 15) is 0 Å². The Bertz CT molecular complexity index is 720. The van der Waals surface area contributed by atoms with Crippen molar-refractivity contribution in [3.8, 4) is 16.6 Å². The minimum atomic E-state index is 0.665. The highest BCUT2D eigenvalue weighted by Crippen LogP contribution is 2.26. The lowest BCUT2D eigenvalue weighted by Gasteiger charge is -2.06. The molecule has 2 heterocycles. The maximum atomic E-state index is 8.77. The van der Waals surface area contributed by atoms with E-state index in [1.807, 2.05) is 29.8 Å². The number of benzene rings is 1. The number of anilines is 1. The van der Waals surface area contributed by atoms with Crippen LogP contribution in [-0.4, -0.2) is 10.2 Å². The number of thiophene rings is 1. The van der Waals surface area contributed by atoms with Gasteiger partial charge in [-0.15, -0.1) is 11.3 Å². The van der Waals surface area contributed by atoms with Crippen LogP contribution in [0.25, 0.3) is 10.6 Å². The van der Waals surface area contributed by atoms with Crippen molar-refractivity contribution in [3.63, 3.8) is 0 Å². The number of rotatable bonds is 4. The summed E-state index contributed by atoms with van der Waals surface area (Å²) in [5.74, 6) is 0. The zero-order valence-corrected chi connectivity index (χ0v) is 11.4. The molecule has 0 amide bonds. The van der Waals surface area contributed by atoms with E-state index in [0.717, 1.165) is 16.9 Å². The molecular weight excluding hydrogens is 268 g/mol. The average Bonchev–Trinajstić information content (AvgIpc) is 3.16. The van der Waals surface area contributed by atoms with Crippen LogP contribution in [0.15, 0.2) is 48.0 Å². The fraction of sp³-hybridized carbons (Fsp3) is 0.0667. The highest BCUT2D eigenvalue weighted by atomic mass is 32.1. The fourth-order valence-electron chi connectivity index (χ4n) is 1.94. The van der Waals surface area contributed by atoms with E-state index < -0.39 is 0 Å². The summed E-state index contributed by atoms with van der Waals surface area (Å²) in [6.07, 6.45) is 1.84. The lowest BCUT2D eigenvalue weighted by Crippen LogP contribution is -1.99. The van der Waals surface area contributed by atoms with Gasteiger partial charge in [-0.1, -0.05) is 6.07 Å². The van der Waals surface area contributed by atoms with Crippen LogP contribution in [0.3, 0.4) is 0 Å². The van der Waals surface area contributed by atoms with Gasteiger partial charge in [-0.25, -0.2) is 0 Å². The molecule has 0 radical (unpaired) electrons. The molecule has 0 aliphatic heterocycles. The summed E-state index contributed by atoms with van der Waals surface area (Å²) in [6.45, 7) is 0.690. The lowest BCUT2D eigenvalue weighted by molar-refractivity contribution is 1.10. The summed E-state index contributed by atoms with van der Waals surface area (Å²) in [5, 5.41) is 21.3. The number of hydrogen-bond donors (Lipinski definition) is 2. The van der Waals surface area contributed by atoms with Crippen LogP contribution in [0.1, 0.15) is 11.1 Å². The summed E-state index contributed by atoms with van der Waals surface area (Å²) in [6, 6.07) is 13.6. The van der Waals surface area contributed by atoms with Crippen LogP contribution in [0, 0.1) is 11.3 Å². The highest BCUT2D eigenvalue weighted by molar-refractivity contribution is 7.13. The van der Waals surface area contributed by atoms with Crippen LogP contribution in [-0.2, 0) is 6.54 Å². The second-order valence-electron chi connectivity index (χ2n) is 4.29. The second-order valence-corrected chi connectivity index (χ2v) is 5.24. The van der Waals surface area contributed by atoms with E-state index in [2.05, 4.69) is 27.6 Å². The average molecular weight is 280 g/mol. The SMILES string of the molecule is N#Cc1ccc(NCc2cn[nH]c2-c2cccs2)cc1. The third-order valence-electron chi connectivity index (χ3n) is 2.98. The number of H-pyrrole nitrogens is 1. The van der Waals surface area contributed by atoms with E-state index in [-0.39, 0.29) is 0 Å². The normalized spacial score (nSPS) is 10.2. The van der Waals surface area contributed by atoms with Crippen molar-refractivity contribution in [2.75, 3.05) is 5.32 Å². The Balaban J connectivity index is 1.73. The molecule has 0 bridgehead atoms. The molecule has 4 nitrogen and oxygen atoms in total. The maximum Gasteiger partial charge on any atom is 0.0991 e. The molecule has 0 aliphatic carbocycles. The summed E-state index contributed by atoms with van der Waals surface area (Å²) in [7, 11) is 0. The Morgan fingerprint density at radius 3 is 2.80 bits per heavy atom. The monoisotopic (exact) mass is 280 g/mol. The molecule has 2 aromatic heterocycles. The van der Waals surface area contributed by atoms with Crippen LogP contribution < -0.4 is 5.32 Å². The fourth-order valence-corrected chi connectivity index (χ4v) is 2.69. The van der Waals surface area contributed by atoms with E-state index in [1.165, 1.54) is 4.88 Å². The van der Waals surface area contributed by atoms with Gasteiger partial charge in [0.05, 0.1) is 28.4 Å². The topological polar surface area (TPSA) is 64.5 Å². The van der Waals surface area contributed by atoms with Gasteiger partial charge < -0.3 is 5.32 Å². The van der Waals surface area contributed by atoms with Gasteiger partial charge in [0.2, 0.25) is 0 Å². The van der Waals surface area contributed by atoms with Crippen molar-refractivity contribution in [3.05, 3.63) is 59.1 Å². The standard InChI is InChI=1S/C15H12N4S/c16-8-11-3-5-13(6-4-11)17-9-12-10-18-19-15(12)14-2-1-7-20-14/h1-7,10,17H,9H2,(H,18,19). The van der Waals surface area contributed by atoms with Gasteiger partial charge in [0.1, 0.15) is 0 Å². The number of hydrogen-bond acceptors (Lipinski definition) is 4. The first-order valence-corrected chi connectivity index (χ1v) is 7.05. The number of nitrogens with one attached hydrogen (secondary N) is 2. The van der Waals surface area contributed by atoms with Gasteiger partial charge in [0, 0.05) is 17.8 Å². The summed E-state index contributed by atoms with van der Waals surface area (Å²) < 4.78 is 0. The highest BCUT2D eigenvalue weighted by Gasteiger charge is 2.08. The molecule has 0 saturated carbocycles. The van der Waals surface area contributed by atoms with Crippen molar-refractivity contribution >= 4 is 17.0 Å². The predicted octanol–water partition coefficient (Wildman–Crippen LogP) is 3.62. The Morgan fingerprint density at radius 2 is 2.10 bits per heavy atom. The first kappa shape index (κ1) is 12.5. The first-order valence-electron chi connectivity index (χ1n) is 6.17. The number of nitrogens with zero attached hydrogens (tertiary/aromatic N) is 2. The molecular formula is C15H12N4S. The Labute approximate surface area is 120 Å². The van der Waals surface area contributed by atoms with Gasteiger partial charge in [-0.2, -0.15) is 10.4 Å². The molecule has 0 aliphatic rings. The quantitative estimate of drug-likeness (QED) is 0.767. The van der Waals surface area contributed by atoms with Crippen LogP contribution in [0.4, 0.5) is 5.69 Å². The van der Waals surface area contributed by atoms with Gasteiger partial charge in [-0.3, -0.25) is 5.10 Å². The molecule has 1 aromatic carbocycles. The van der Waals surface area contributed by atoms with Crippen LogP contribution in [0.2, 0.25) is 0 Å². The van der Waals surface area contributed by atoms with Gasteiger partial charge >= 0.3 is 0 Å². The summed E-state index contributed by atoms with van der Waals surface area (Å²) >= 11 is 1.69. The Hall–Kier alpha value is -2.58. The Morgan fingerprint density at radius 1 is 1.25 bits per heavy atom. The van der Waals surface area contributed by atoms with Crippen LogP contribution >= 0.6 is 11.3 Å². The van der Waals surface area contributed by atoms with E-state index in [0.29, 0.717) is 12.1 Å². The lowest BCUT2D eigenvalue weighted by atomic mass is 10.2. The molecule has 2 N–H and O–H groups in total. The Kier molecular flexibility index (Phi) is 3.48. The molecule has 20 heavy (non-hydrogen) atoms. The minimum absolute atomic E-state index is 0.665. The minimum Gasteiger partial charge on any atom is -0.381 e. The molecule has 5 heteroatoms. The number of aromatic nitrogens is 2. The third kappa shape index (κ3) is 2.56. The first-order chi connectivity index (χ1) is 9.86. The van der Waals surface area contributed by atoms with Gasteiger partial charge in [0.15, 0.2) is 0 Å². The number of aromatic amines is 1. The van der Waals surface area contributed by atoms with Crippen molar-refractivity contribution in [1.82, 2.24) is 10.2 Å². The molecule has 3 rings (SSSR count). The third-order valence-corrected chi connectivity index (χ3v) is 3.87. The van der Waals surface area contributed by atoms with Crippen molar-refractivity contribution in [2.24, 2.45) is 0 Å². The molecule has 98 valence electrons. The summed E-state index contributed by atoms with van der Waals surface area (Å²) in [5.41, 5.74) is 3.83. The van der Waals surface area contributed by atoms with E-state index in [4.69, 9.17) is 5.26 Å². The van der Waals surface area contributed by atoms with Gasteiger partial charge in [0.25, 0.3) is 0 Å². The van der Waals surface area contributed by atoms with Gasteiger partial charge in [-0.05, 0) is 35.7 Å². The largest absolute Gasteiger partial charge is 0.381 e. The van der Waals surface area contributed by atoms with Crippen molar-refractivity contribution in [1.29, 1.82) is 5.26 Å². The molecule has 0 atom stereocenters. The zero-order valence-electron chi connectivity index (χ0n) is 10.6. The smallest absolute Gasteiger partial charge is 0.0991 e. The van der Waals surface area contributed by atoms with Crippen LogP contribution in [0.5, 0.6) is 0 Å². The molecule has 3 aromatic rings. The summed E-state index contributed by atoms with van der Waals surface area (Å²) in [4.78, 5) is 1.18. The number of nitriles is 1. The molecule has 0 unspecified atom stereocenters. The van der Waals surface area contributed by atoms with E-state index in [1.54, 1.807) is 23.5 Å². The molecule has 0 spiro atoms. The maximum absolute atomic E-state index is 8.77.